The monoisotopic (exact) mass is 243 g/mol. The van der Waals surface area contributed by atoms with Gasteiger partial charge in [0, 0.05) is 17.7 Å². The summed E-state index contributed by atoms with van der Waals surface area (Å²) in [6.45, 7) is 2.56. The van der Waals surface area contributed by atoms with Crippen molar-refractivity contribution in [1.29, 1.82) is 0 Å². The first-order valence-electron chi connectivity index (χ1n) is 6.04. The summed E-state index contributed by atoms with van der Waals surface area (Å²) >= 11 is 0. The summed E-state index contributed by atoms with van der Waals surface area (Å²) in [5.74, 6) is -2.61. The van der Waals surface area contributed by atoms with Crippen LogP contribution in [0.2, 0.25) is 0 Å². The lowest BCUT2D eigenvalue weighted by atomic mass is 9.97. The average molecular weight is 243 g/mol. The first-order chi connectivity index (χ1) is 8.15. The highest BCUT2D eigenvalue weighted by atomic mass is 19.2. The zero-order chi connectivity index (χ0) is 12.4. The maximum absolute atomic E-state index is 13.8. The molecule has 1 aromatic rings. The van der Waals surface area contributed by atoms with Gasteiger partial charge < -0.3 is 5.32 Å². The van der Waals surface area contributed by atoms with Crippen molar-refractivity contribution in [3.05, 3.63) is 34.6 Å². The van der Waals surface area contributed by atoms with E-state index in [9.17, 15) is 13.2 Å². The van der Waals surface area contributed by atoms with Crippen LogP contribution in [-0.2, 0) is 6.42 Å². The topological polar surface area (TPSA) is 12.0 Å². The molecule has 0 radical (unpaired) electrons. The molecule has 1 atom stereocenters. The molecular weight excluding hydrogens is 227 g/mol. The van der Waals surface area contributed by atoms with Gasteiger partial charge in [-0.25, -0.2) is 13.2 Å². The molecule has 0 saturated carbocycles. The van der Waals surface area contributed by atoms with Gasteiger partial charge in [0.1, 0.15) is 5.82 Å². The molecule has 1 aromatic carbocycles. The van der Waals surface area contributed by atoms with E-state index in [1.807, 2.05) is 6.92 Å². The number of hydrogen-bond acceptors (Lipinski definition) is 1. The van der Waals surface area contributed by atoms with Crippen molar-refractivity contribution in [2.75, 3.05) is 6.54 Å². The molecule has 0 amide bonds. The molecule has 0 bridgehead atoms. The van der Waals surface area contributed by atoms with Crippen molar-refractivity contribution >= 4 is 0 Å². The largest absolute Gasteiger partial charge is 0.310 e. The Morgan fingerprint density at radius 3 is 2.71 bits per heavy atom. The lowest BCUT2D eigenvalue weighted by Crippen LogP contribution is -2.23. The lowest BCUT2D eigenvalue weighted by Gasteiger charge is -2.19. The van der Waals surface area contributed by atoms with Crippen LogP contribution < -0.4 is 5.32 Å². The molecule has 94 valence electrons. The molecule has 2 rings (SSSR count). The van der Waals surface area contributed by atoms with Crippen molar-refractivity contribution in [3.63, 3.8) is 0 Å². The van der Waals surface area contributed by atoms with Crippen molar-refractivity contribution in [1.82, 2.24) is 5.32 Å². The molecule has 0 fully saturated rings. The number of fused-ring (bicyclic) bond motifs is 1. The zero-order valence-electron chi connectivity index (χ0n) is 9.82. The van der Waals surface area contributed by atoms with Gasteiger partial charge in [0.15, 0.2) is 11.6 Å². The van der Waals surface area contributed by atoms with Gasteiger partial charge >= 0.3 is 0 Å². The molecule has 1 N–H and O–H groups in total. The van der Waals surface area contributed by atoms with E-state index >= 15 is 0 Å². The second kappa shape index (κ2) is 5.08. The van der Waals surface area contributed by atoms with Gasteiger partial charge in [-0.15, -0.1) is 0 Å². The van der Waals surface area contributed by atoms with Crippen LogP contribution in [0, 0.1) is 17.5 Å². The second-order valence-electron chi connectivity index (χ2n) is 4.40. The van der Waals surface area contributed by atoms with Gasteiger partial charge in [-0.2, -0.15) is 0 Å². The highest BCUT2D eigenvalue weighted by molar-refractivity contribution is 5.34. The summed E-state index contributed by atoms with van der Waals surface area (Å²) in [5.41, 5.74) is 0.536. The summed E-state index contributed by atoms with van der Waals surface area (Å²) < 4.78 is 40.8. The molecule has 0 heterocycles. The number of benzene rings is 1. The predicted molar refractivity (Wildman–Crippen MR) is 60.3 cm³/mol. The molecule has 1 aliphatic carbocycles. The Kier molecular flexibility index (Phi) is 3.72. The van der Waals surface area contributed by atoms with Crippen LogP contribution in [0.1, 0.15) is 43.4 Å². The van der Waals surface area contributed by atoms with E-state index in [2.05, 4.69) is 5.32 Å². The Morgan fingerprint density at radius 2 is 2.00 bits per heavy atom. The van der Waals surface area contributed by atoms with Crippen LogP contribution in [0.3, 0.4) is 0 Å². The van der Waals surface area contributed by atoms with Gasteiger partial charge in [-0.3, -0.25) is 0 Å². The number of halogens is 3. The highest BCUT2D eigenvalue weighted by Crippen LogP contribution is 2.33. The van der Waals surface area contributed by atoms with Crippen LogP contribution in [0.15, 0.2) is 6.07 Å². The van der Waals surface area contributed by atoms with Crippen molar-refractivity contribution < 1.29 is 13.2 Å². The minimum atomic E-state index is -1.09. The molecule has 0 saturated heterocycles. The van der Waals surface area contributed by atoms with E-state index in [0.29, 0.717) is 24.6 Å². The molecular formula is C13H16F3N. The Labute approximate surface area is 99.0 Å². The Morgan fingerprint density at radius 1 is 1.24 bits per heavy atom. The van der Waals surface area contributed by atoms with Gasteiger partial charge in [0.05, 0.1) is 0 Å². The van der Waals surface area contributed by atoms with E-state index in [1.54, 1.807) is 0 Å². The van der Waals surface area contributed by atoms with Gasteiger partial charge in [0.25, 0.3) is 0 Å². The van der Waals surface area contributed by atoms with Gasteiger partial charge in [0.2, 0.25) is 0 Å². The standard InChI is InChI=1S/C13H16F3N/c1-2-17-11-6-4-3-5-8-9(14)7-10(15)13(16)12(8)11/h7,11,17H,2-6H2,1H3. The molecule has 1 aliphatic rings. The number of rotatable bonds is 2. The van der Waals surface area contributed by atoms with Crippen LogP contribution >= 0.6 is 0 Å². The predicted octanol–water partition coefficient (Wildman–Crippen LogP) is 3.48. The fraction of sp³-hybridized carbons (Fsp3) is 0.538. The second-order valence-corrected chi connectivity index (χ2v) is 4.40. The summed E-state index contributed by atoms with van der Waals surface area (Å²) in [6.07, 6.45) is 2.92. The molecule has 1 unspecified atom stereocenters. The highest BCUT2D eigenvalue weighted by Gasteiger charge is 2.26. The minimum Gasteiger partial charge on any atom is -0.310 e. The number of hydrogen-bond donors (Lipinski definition) is 1. The molecule has 1 nitrogen and oxygen atoms in total. The number of nitrogens with one attached hydrogen (secondary N) is 1. The molecule has 17 heavy (non-hydrogen) atoms. The van der Waals surface area contributed by atoms with Crippen LogP contribution in [0.4, 0.5) is 13.2 Å². The quantitative estimate of drug-likeness (QED) is 0.619. The third kappa shape index (κ3) is 2.32. The SMILES string of the molecule is CCNC1CCCCc2c(F)cc(F)c(F)c21. The fourth-order valence-corrected chi connectivity index (χ4v) is 2.51. The summed E-state index contributed by atoms with van der Waals surface area (Å²) in [5, 5.41) is 3.10. The molecule has 0 aromatic heterocycles. The van der Waals surface area contributed by atoms with Crippen LogP contribution in [0.25, 0.3) is 0 Å². The summed E-state index contributed by atoms with van der Waals surface area (Å²) in [6, 6.07) is 0.380. The van der Waals surface area contributed by atoms with Crippen molar-refractivity contribution in [2.45, 2.75) is 38.6 Å². The first-order valence-corrected chi connectivity index (χ1v) is 6.04. The first kappa shape index (κ1) is 12.4. The van der Waals surface area contributed by atoms with Gasteiger partial charge in [-0.1, -0.05) is 13.3 Å². The lowest BCUT2D eigenvalue weighted by molar-refractivity contribution is 0.442. The van der Waals surface area contributed by atoms with E-state index in [4.69, 9.17) is 0 Å². The van der Waals surface area contributed by atoms with Crippen LogP contribution in [-0.4, -0.2) is 6.54 Å². The van der Waals surface area contributed by atoms with Crippen molar-refractivity contribution in [3.8, 4) is 0 Å². The third-order valence-electron chi connectivity index (χ3n) is 3.28. The molecule has 0 spiro atoms. The third-order valence-corrected chi connectivity index (χ3v) is 3.28. The molecule has 4 heteroatoms. The normalized spacial score (nSPS) is 19.9. The van der Waals surface area contributed by atoms with Gasteiger partial charge in [-0.05, 0) is 31.4 Å². The fourth-order valence-electron chi connectivity index (χ4n) is 2.51. The van der Waals surface area contributed by atoms with Crippen molar-refractivity contribution in [2.24, 2.45) is 0 Å². The minimum absolute atomic E-state index is 0.196. The maximum Gasteiger partial charge on any atom is 0.164 e. The Balaban J connectivity index is 2.54. The average Bonchev–Trinajstić information content (AvgIpc) is 2.50. The Bertz CT molecular complexity index is 418. The molecule has 0 aliphatic heterocycles. The summed E-state index contributed by atoms with van der Waals surface area (Å²) in [4.78, 5) is 0. The van der Waals surface area contributed by atoms with E-state index < -0.39 is 17.5 Å². The summed E-state index contributed by atoms with van der Waals surface area (Å²) in [7, 11) is 0. The zero-order valence-corrected chi connectivity index (χ0v) is 9.82. The maximum atomic E-state index is 13.8. The van der Waals surface area contributed by atoms with Crippen LogP contribution in [0.5, 0.6) is 0 Å². The Hall–Kier alpha value is -1.03. The van der Waals surface area contributed by atoms with E-state index in [1.165, 1.54) is 0 Å². The van der Waals surface area contributed by atoms with E-state index in [-0.39, 0.29) is 11.6 Å². The smallest absolute Gasteiger partial charge is 0.164 e. The van der Waals surface area contributed by atoms with E-state index in [0.717, 1.165) is 19.3 Å².